The second-order valence-electron chi connectivity index (χ2n) is 5.94. The Morgan fingerprint density at radius 3 is 2.65 bits per heavy atom. The van der Waals surface area contributed by atoms with Crippen molar-refractivity contribution in [2.75, 3.05) is 19.6 Å². The minimum Gasteiger partial charge on any atom is -0.356 e. The Balaban J connectivity index is 2.22. The van der Waals surface area contributed by atoms with Crippen LogP contribution >= 0.6 is 0 Å². The van der Waals surface area contributed by atoms with E-state index in [0.717, 1.165) is 45.3 Å². The van der Waals surface area contributed by atoms with Crippen LogP contribution in [0.25, 0.3) is 0 Å². The Hall–Kier alpha value is -0.570. The Labute approximate surface area is 106 Å². The lowest BCUT2D eigenvalue weighted by atomic mass is 9.81. The van der Waals surface area contributed by atoms with Crippen LogP contribution in [-0.4, -0.2) is 25.5 Å². The van der Waals surface area contributed by atoms with E-state index in [4.69, 9.17) is 0 Å². The molecule has 0 bridgehead atoms. The van der Waals surface area contributed by atoms with Crippen LogP contribution in [0.5, 0.6) is 0 Å². The molecule has 1 amide bonds. The van der Waals surface area contributed by atoms with Crippen LogP contribution in [0.1, 0.15) is 52.9 Å². The van der Waals surface area contributed by atoms with Crippen molar-refractivity contribution < 1.29 is 4.79 Å². The van der Waals surface area contributed by atoms with Gasteiger partial charge in [-0.05, 0) is 37.3 Å². The largest absolute Gasteiger partial charge is 0.356 e. The van der Waals surface area contributed by atoms with Gasteiger partial charge in [-0.25, -0.2) is 0 Å². The quantitative estimate of drug-likeness (QED) is 0.748. The van der Waals surface area contributed by atoms with E-state index < -0.39 is 0 Å². The van der Waals surface area contributed by atoms with E-state index in [0.29, 0.717) is 17.8 Å². The number of carbonyl (C=O) groups is 1. The smallest absolute Gasteiger partial charge is 0.220 e. The zero-order valence-corrected chi connectivity index (χ0v) is 11.6. The van der Waals surface area contributed by atoms with Gasteiger partial charge in [0.2, 0.25) is 5.91 Å². The minimum absolute atomic E-state index is 0.228. The summed E-state index contributed by atoms with van der Waals surface area (Å²) < 4.78 is 0. The first-order valence-electron chi connectivity index (χ1n) is 7.03. The van der Waals surface area contributed by atoms with E-state index in [-0.39, 0.29) is 5.91 Å². The third kappa shape index (κ3) is 5.53. The van der Waals surface area contributed by atoms with Crippen molar-refractivity contribution in [2.24, 2.45) is 11.3 Å². The van der Waals surface area contributed by atoms with Gasteiger partial charge in [0.05, 0.1) is 0 Å². The molecule has 1 saturated heterocycles. The summed E-state index contributed by atoms with van der Waals surface area (Å²) in [7, 11) is 0. The third-order valence-electron chi connectivity index (χ3n) is 3.84. The van der Waals surface area contributed by atoms with E-state index in [2.05, 4.69) is 31.4 Å². The van der Waals surface area contributed by atoms with E-state index in [1.165, 1.54) is 0 Å². The molecule has 3 heteroatoms. The molecule has 0 radical (unpaired) electrons. The van der Waals surface area contributed by atoms with Crippen molar-refractivity contribution >= 4 is 5.91 Å². The van der Waals surface area contributed by atoms with Crippen LogP contribution in [0, 0.1) is 11.3 Å². The summed E-state index contributed by atoms with van der Waals surface area (Å²) in [6.45, 7) is 9.62. The molecule has 0 aromatic carbocycles. The maximum Gasteiger partial charge on any atom is 0.220 e. The average Bonchev–Trinajstić information content (AvgIpc) is 2.28. The lowest BCUT2D eigenvalue weighted by molar-refractivity contribution is -0.122. The molecule has 1 aliphatic heterocycles. The minimum atomic E-state index is 0.228. The summed E-state index contributed by atoms with van der Waals surface area (Å²) in [5.74, 6) is 0.742. The van der Waals surface area contributed by atoms with Gasteiger partial charge in [-0.3, -0.25) is 4.79 Å². The maximum atomic E-state index is 11.8. The first-order valence-corrected chi connectivity index (χ1v) is 7.03. The van der Waals surface area contributed by atoms with Crippen molar-refractivity contribution in [3.8, 4) is 0 Å². The van der Waals surface area contributed by atoms with Crippen LogP contribution in [-0.2, 0) is 4.79 Å². The highest BCUT2D eigenvalue weighted by molar-refractivity contribution is 5.76. The third-order valence-corrected chi connectivity index (χ3v) is 3.84. The molecule has 0 aromatic rings. The van der Waals surface area contributed by atoms with E-state index in [1.807, 2.05) is 0 Å². The van der Waals surface area contributed by atoms with Crippen LogP contribution in [0.15, 0.2) is 0 Å². The summed E-state index contributed by atoms with van der Waals surface area (Å²) in [6.07, 6.45) is 5.32. The molecule has 0 aliphatic carbocycles. The predicted octanol–water partition coefficient (Wildman–Crippen LogP) is 2.32. The molecule has 0 spiro atoms. The molecule has 1 aliphatic rings. The van der Waals surface area contributed by atoms with Gasteiger partial charge in [-0.1, -0.05) is 33.6 Å². The average molecular weight is 240 g/mol. The standard InChI is InChI=1S/C14H28N2O/c1-4-5-12(2)10-13(17)16-11-14(3)6-8-15-9-7-14/h12,15H,4-11H2,1-3H3,(H,16,17). The van der Waals surface area contributed by atoms with Crippen molar-refractivity contribution in [1.29, 1.82) is 0 Å². The lowest BCUT2D eigenvalue weighted by Crippen LogP contribution is -2.43. The van der Waals surface area contributed by atoms with Crippen molar-refractivity contribution in [3.63, 3.8) is 0 Å². The van der Waals surface area contributed by atoms with Crippen molar-refractivity contribution in [3.05, 3.63) is 0 Å². The van der Waals surface area contributed by atoms with Gasteiger partial charge in [-0.2, -0.15) is 0 Å². The molecule has 1 unspecified atom stereocenters. The summed E-state index contributed by atoms with van der Waals surface area (Å²) in [5, 5.41) is 6.48. The summed E-state index contributed by atoms with van der Waals surface area (Å²) in [5.41, 5.74) is 0.301. The van der Waals surface area contributed by atoms with E-state index in [1.54, 1.807) is 0 Å². The summed E-state index contributed by atoms with van der Waals surface area (Å²) in [4.78, 5) is 11.8. The highest BCUT2D eigenvalue weighted by Gasteiger charge is 2.27. The summed E-state index contributed by atoms with van der Waals surface area (Å²) >= 11 is 0. The second-order valence-corrected chi connectivity index (χ2v) is 5.94. The Morgan fingerprint density at radius 1 is 1.41 bits per heavy atom. The van der Waals surface area contributed by atoms with Gasteiger partial charge < -0.3 is 10.6 Å². The number of piperidine rings is 1. The first-order chi connectivity index (χ1) is 8.06. The normalized spacial score (nSPS) is 20.9. The molecule has 0 saturated carbocycles. The monoisotopic (exact) mass is 240 g/mol. The molecule has 1 rings (SSSR count). The molecule has 2 N–H and O–H groups in total. The van der Waals surface area contributed by atoms with Gasteiger partial charge in [0.15, 0.2) is 0 Å². The van der Waals surface area contributed by atoms with Gasteiger partial charge in [0.25, 0.3) is 0 Å². The van der Waals surface area contributed by atoms with Gasteiger partial charge in [0, 0.05) is 13.0 Å². The fourth-order valence-corrected chi connectivity index (χ4v) is 2.50. The number of hydrogen-bond donors (Lipinski definition) is 2. The number of nitrogens with one attached hydrogen (secondary N) is 2. The van der Waals surface area contributed by atoms with Crippen LogP contribution in [0.4, 0.5) is 0 Å². The number of rotatable bonds is 6. The van der Waals surface area contributed by atoms with E-state index in [9.17, 15) is 4.79 Å². The molecular weight excluding hydrogens is 212 g/mol. The Bertz CT molecular complexity index is 234. The predicted molar refractivity (Wildman–Crippen MR) is 71.9 cm³/mol. The van der Waals surface area contributed by atoms with Crippen molar-refractivity contribution in [2.45, 2.75) is 52.9 Å². The molecule has 100 valence electrons. The molecule has 1 fully saturated rings. The molecule has 3 nitrogen and oxygen atoms in total. The molecule has 1 atom stereocenters. The molecule has 0 aromatic heterocycles. The van der Waals surface area contributed by atoms with Gasteiger partial charge >= 0.3 is 0 Å². The lowest BCUT2D eigenvalue weighted by Gasteiger charge is -2.34. The SMILES string of the molecule is CCCC(C)CC(=O)NCC1(C)CCNCC1. The van der Waals surface area contributed by atoms with Crippen LogP contribution in [0.3, 0.4) is 0 Å². The molecule has 17 heavy (non-hydrogen) atoms. The van der Waals surface area contributed by atoms with Crippen LogP contribution < -0.4 is 10.6 Å². The molecule has 1 heterocycles. The van der Waals surface area contributed by atoms with Gasteiger partial charge in [0.1, 0.15) is 0 Å². The number of amides is 1. The maximum absolute atomic E-state index is 11.8. The second kappa shape index (κ2) is 7.00. The van der Waals surface area contributed by atoms with Crippen LogP contribution in [0.2, 0.25) is 0 Å². The number of carbonyl (C=O) groups excluding carboxylic acids is 1. The summed E-state index contributed by atoms with van der Waals surface area (Å²) in [6, 6.07) is 0. The Kier molecular flexibility index (Phi) is 5.96. The Morgan fingerprint density at radius 2 is 2.06 bits per heavy atom. The zero-order valence-electron chi connectivity index (χ0n) is 11.6. The zero-order chi connectivity index (χ0) is 12.7. The number of hydrogen-bond acceptors (Lipinski definition) is 2. The van der Waals surface area contributed by atoms with Gasteiger partial charge in [-0.15, -0.1) is 0 Å². The fraction of sp³-hybridized carbons (Fsp3) is 0.929. The highest BCUT2D eigenvalue weighted by atomic mass is 16.1. The highest BCUT2D eigenvalue weighted by Crippen LogP contribution is 2.26. The fourth-order valence-electron chi connectivity index (χ4n) is 2.50. The molecular formula is C14H28N2O. The van der Waals surface area contributed by atoms with Crippen molar-refractivity contribution in [1.82, 2.24) is 10.6 Å². The first kappa shape index (κ1) is 14.5. The van der Waals surface area contributed by atoms with E-state index >= 15 is 0 Å². The topological polar surface area (TPSA) is 41.1 Å².